The summed E-state index contributed by atoms with van der Waals surface area (Å²) in [6.07, 6.45) is 0.462. The molecule has 2 aromatic carbocycles. The third-order valence-corrected chi connectivity index (χ3v) is 4.35. The molecule has 28 heavy (non-hydrogen) atoms. The largest absolute Gasteiger partial charge is 0.484 e. The van der Waals surface area contributed by atoms with Gasteiger partial charge in [-0.3, -0.25) is 9.59 Å². The first-order valence-electron chi connectivity index (χ1n) is 9.45. The van der Waals surface area contributed by atoms with Crippen molar-refractivity contribution in [2.24, 2.45) is 0 Å². The van der Waals surface area contributed by atoms with Gasteiger partial charge in [0.25, 0.3) is 5.91 Å². The van der Waals surface area contributed by atoms with Crippen LogP contribution in [0.4, 0.5) is 4.39 Å². The lowest BCUT2D eigenvalue weighted by Crippen LogP contribution is -2.50. The third-order valence-electron chi connectivity index (χ3n) is 4.35. The van der Waals surface area contributed by atoms with Crippen LogP contribution < -0.4 is 10.1 Å². The number of amides is 2. The van der Waals surface area contributed by atoms with Crippen LogP contribution in [0.15, 0.2) is 48.5 Å². The maximum atomic E-state index is 13.2. The molecule has 0 radical (unpaired) electrons. The lowest BCUT2D eigenvalue weighted by Gasteiger charge is -2.30. The number of carbonyl (C=O) groups excluding carboxylic acids is 2. The molecular weight excluding hydrogens is 359 g/mol. The molecule has 2 aromatic rings. The predicted molar refractivity (Wildman–Crippen MR) is 106 cm³/mol. The summed E-state index contributed by atoms with van der Waals surface area (Å²) in [5, 5.41) is 2.77. The number of nitrogens with one attached hydrogen (secondary N) is 1. The van der Waals surface area contributed by atoms with Gasteiger partial charge in [0.2, 0.25) is 5.91 Å². The molecule has 150 valence electrons. The fourth-order valence-corrected chi connectivity index (χ4v) is 2.93. The standard InChI is InChI=1S/C22H27FN2O3/c1-4-20(22(27)24-5-2)25(14-17-9-11-18(23)12-10-17)21(26)15-28-19-8-6-7-16(3)13-19/h6-13,20H,4-5,14-15H2,1-3H3,(H,24,27). The van der Waals surface area contributed by atoms with Crippen molar-refractivity contribution in [2.45, 2.75) is 39.8 Å². The van der Waals surface area contributed by atoms with Gasteiger partial charge in [-0.05, 0) is 55.7 Å². The fourth-order valence-electron chi connectivity index (χ4n) is 2.93. The molecule has 1 unspecified atom stereocenters. The van der Waals surface area contributed by atoms with Crippen molar-refractivity contribution in [3.05, 3.63) is 65.5 Å². The molecule has 0 heterocycles. The molecule has 0 saturated carbocycles. The Bertz CT molecular complexity index is 793. The smallest absolute Gasteiger partial charge is 0.261 e. The zero-order chi connectivity index (χ0) is 20.5. The highest BCUT2D eigenvalue weighted by atomic mass is 19.1. The van der Waals surface area contributed by atoms with Gasteiger partial charge in [-0.25, -0.2) is 4.39 Å². The second kappa shape index (κ2) is 10.4. The van der Waals surface area contributed by atoms with E-state index in [4.69, 9.17) is 4.74 Å². The van der Waals surface area contributed by atoms with Crippen LogP contribution in [0.3, 0.4) is 0 Å². The van der Waals surface area contributed by atoms with Crippen LogP contribution >= 0.6 is 0 Å². The predicted octanol–water partition coefficient (Wildman–Crippen LogP) is 3.46. The SMILES string of the molecule is CCNC(=O)C(CC)N(Cc1ccc(F)cc1)C(=O)COc1cccc(C)c1. The Kier molecular flexibility index (Phi) is 7.99. The van der Waals surface area contributed by atoms with Crippen LogP contribution in [0, 0.1) is 12.7 Å². The Morgan fingerprint density at radius 3 is 2.46 bits per heavy atom. The molecule has 0 aliphatic carbocycles. The lowest BCUT2D eigenvalue weighted by atomic mass is 10.1. The zero-order valence-corrected chi connectivity index (χ0v) is 16.6. The number of aryl methyl sites for hydroxylation is 1. The number of ether oxygens (including phenoxy) is 1. The maximum Gasteiger partial charge on any atom is 0.261 e. The Balaban J connectivity index is 2.18. The molecule has 1 N–H and O–H groups in total. The van der Waals surface area contributed by atoms with Gasteiger partial charge < -0.3 is 15.0 Å². The van der Waals surface area contributed by atoms with Gasteiger partial charge >= 0.3 is 0 Å². The van der Waals surface area contributed by atoms with Crippen LogP contribution in [0.1, 0.15) is 31.4 Å². The van der Waals surface area contributed by atoms with Crippen molar-refractivity contribution in [3.63, 3.8) is 0 Å². The Morgan fingerprint density at radius 2 is 1.86 bits per heavy atom. The van der Waals surface area contributed by atoms with E-state index in [0.29, 0.717) is 18.7 Å². The minimum absolute atomic E-state index is 0.180. The normalized spacial score (nSPS) is 11.6. The highest BCUT2D eigenvalue weighted by Gasteiger charge is 2.28. The molecule has 2 rings (SSSR count). The minimum atomic E-state index is -0.626. The summed E-state index contributed by atoms with van der Waals surface area (Å²) in [7, 11) is 0. The topological polar surface area (TPSA) is 58.6 Å². The van der Waals surface area contributed by atoms with Crippen molar-refractivity contribution in [3.8, 4) is 5.75 Å². The number of nitrogens with zero attached hydrogens (tertiary/aromatic N) is 1. The van der Waals surface area contributed by atoms with Crippen LogP contribution in [-0.4, -0.2) is 35.9 Å². The molecule has 5 nitrogen and oxygen atoms in total. The van der Waals surface area contributed by atoms with Gasteiger partial charge in [-0.2, -0.15) is 0 Å². The highest BCUT2D eigenvalue weighted by molar-refractivity contribution is 5.88. The number of carbonyl (C=O) groups is 2. The molecule has 0 fully saturated rings. The van der Waals surface area contributed by atoms with Crippen molar-refractivity contribution < 1.29 is 18.7 Å². The summed E-state index contributed by atoms with van der Waals surface area (Å²) in [6, 6.07) is 12.7. The molecule has 1 atom stereocenters. The monoisotopic (exact) mass is 386 g/mol. The van der Waals surface area contributed by atoms with E-state index in [0.717, 1.165) is 11.1 Å². The Labute approximate surface area is 165 Å². The number of hydrogen-bond acceptors (Lipinski definition) is 3. The average molecular weight is 386 g/mol. The van der Waals surface area contributed by atoms with E-state index in [2.05, 4.69) is 5.32 Å². The van der Waals surface area contributed by atoms with Gasteiger partial charge in [0, 0.05) is 13.1 Å². The van der Waals surface area contributed by atoms with Gasteiger partial charge in [-0.15, -0.1) is 0 Å². The number of hydrogen-bond donors (Lipinski definition) is 1. The number of likely N-dealkylation sites (N-methyl/N-ethyl adjacent to an activating group) is 1. The van der Waals surface area contributed by atoms with Crippen LogP contribution in [-0.2, 0) is 16.1 Å². The Hall–Kier alpha value is -2.89. The quantitative estimate of drug-likeness (QED) is 0.718. The lowest BCUT2D eigenvalue weighted by molar-refractivity contribution is -0.142. The maximum absolute atomic E-state index is 13.2. The van der Waals surface area contributed by atoms with Crippen molar-refractivity contribution >= 4 is 11.8 Å². The van der Waals surface area contributed by atoms with Crippen LogP contribution in [0.5, 0.6) is 5.75 Å². The van der Waals surface area contributed by atoms with E-state index in [9.17, 15) is 14.0 Å². The second-order valence-corrected chi connectivity index (χ2v) is 6.57. The van der Waals surface area contributed by atoms with Gasteiger partial charge in [0.1, 0.15) is 17.6 Å². The van der Waals surface area contributed by atoms with Gasteiger partial charge in [0.15, 0.2) is 6.61 Å². The van der Waals surface area contributed by atoms with E-state index in [1.54, 1.807) is 18.2 Å². The summed E-state index contributed by atoms with van der Waals surface area (Å²) in [5.41, 5.74) is 1.77. The summed E-state index contributed by atoms with van der Waals surface area (Å²) in [5.74, 6) is -0.263. The molecule has 0 spiro atoms. The minimum Gasteiger partial charge on any atom is -0.484 e. The molecule has 0 aliphatic heterocycles. The summed E-state index contributed by atoms with van der Waals surface area (Å²) in [6.45, 7) is 6.13. The fraction of sp³-hybridized carbons (Fsp3) is 0.364. The molecule has 0 aromatic heterocycles. The van der Waals surface area contributed by atoms with Crippen molar-refractivity contribution in [1.82, 2.24) is 10.2 Å². The highest BCUT2D eigenvalue weighted by Crippen LogP contribution is 2.16. The van der Waals surface area contributed by atoms with E-state index in [1.165, 1.54) is 17.0 Å². The molecule has 0 saturated heterocycles. The molecule has 0 bridgehead atoms. The number of halogens is 1. The van der Waals surface area contributed by atoms with E-state index < -0.39 is 6.04 Å². The Morgan fingerprint density at radius 1 is 1.14 bits per heavy atom. The number of rotatable bonds is 9. The van der Waals surface area contributed by atoms with Crippen LogP contribution in [0.25, 0.3) is 0 Å². The van der Waals surface area contributed by atoms with E-state index in [1.807, 2.05) is 39.0 Å². The van der Waals surface area contributed by atoms with Crippen molar-refractivity contribution in [2.75, 3.05) is 13.2 Å². The summed E-state index contributed by atoms with van der Waals surface area (Å²) >= 11 is 0. The number of benzene rings is 2. The molecule has 2 amide bonds. The first-order chi connectivity index (χ1) is 13.4. The second-order valence-electron chi connectivity index (χ2n) is 6.57. The van der Waals surface area contributed by atoms with Gasteiger partial charge in [-0.1, -0.05) is 31.2 Å². The van der Waals surface area contributed by atoms with E-state index in [-0.39, 0.29) is 30.8 Å². The zero-order valence-electron chi connectivity index (χ0n) is 16.6. The summed E-state index contributed by atoms with van der Waals surface area (Å²) < 4.78 is 18.9. The first kappa shape index (κ1) is 21.4. The summed E-state index contributed by atoms with van der Waals surface area (Å²) in [4.78, 5) is 26.9. The first-order valence-corrected chi connectivity index (χ1v) is 9.45. The van der Waals surface area contributed by atoms with E-state index >= 15 is 0 Å². The molecule has 6 heteroatoms. The van der Waals surface area contributed by atoms with Crippen LogP contribution in [0.2, 0.25) is 0 Å². The third kappa shape index (κ3) is 6.08. The van der Waals surface area contributed by atoms with Gasteiger partial charge in [0.05, 0.1) is 0 Å². The molecule has 0 aliphatic rings. The van der Waals surface area contributed by atoms with Crippen molar-refractivity contribution in [1.29, 1.82) is 0 Å². The molecular formula is C22H27FN2O3. The average Bonchev–Trinajstić information content (AvgIpc) is 2.68.